The van der Waals surface area contributed by atoms with E-state index in [1.807, 2.05) is 30.0 Å². The van der Waals surface area contributed by atoms with Crippen molar-refractivity contribution in [3.05, 3.63) is 88.4 Å². The molecule has 4 aromatic rings. The Hall–Kier alpha value is -5.47. The molecule has 0 radical (unpaired) electrons. The number of amides is 1. The maximum atomic E-state index is 14.0. The standard InChI is InChI=1S/C50H68N6O17/c1-4-5-6-10-15-36(47(63)64)69-44-40(59)38(27-57)71-50(45(44)72-48(65)30-12-8-7-9-13-30)70-37-25-32(23-28(2)43(37)73-49-42(61)41(60)39(58)29(3)68-49)46(62)51-19-11-14-33-26-55(53-52-33)22-21-54-20-18-31-24-34(56(66)67)16-17-35(31)54/h7-9,12-13,16-18,20,24,26,28-29,32,36-45,49-50,57-61H,4-6,10-11,14-15,19,21-23,25,27H2,1-3H3,(H,51,62)(H,63,64)/t28?,29?,32?,36-,37+,38?,39+,40-,41?,42?,43?,44?,45?,49-,50+/m0/s1. The van der Waals surface area contributed by atoms with Crippen molar-refractivity contribution in [1.82, 2.24) is 24.9 Å². The van der Waals surface area contributed by atoms with Crippen LogP contribution in [0.4, 0.5) is 5.69 Å². The lowest BCUT2D eigenvalue weighted by atomic mass is 9.77. The fourth-order valence-corrected chi connectivity index (χ4v) is 9.77. The zero-order valence-corrected chi connectivity index (χ0v) is 41.1. The summed E-state index contributed by atoms with van der Waals surface area (Å²) in [7, 11) is 0. The van der Waals surface area contributed by atoms with Gasteiger partial charge < -0.3 is 68.9 Å². The number of nitro groups is 1. The van der Waals surface area contributed by atoms with Crippen molar-refractivity contribution in [3.8, 4) is 0 Å². The minimum atomic E-state index is -1.71. The van der Waals surface area contributed by atoms with E-state index in [1.54, 1.807) is 35.9 Å². The number of aliphatic carboxylic acids is 1. The van der Waals surface area contributed by atoms with Crippen LogP contribution in [0.15, 0.2) is 67.0 Å². The molecule has 2 saturated heterocycles. The number of carbonyl (C=O) groups excluding carboxylic acids is 2. The van der Waals surface area contributed by atoms with Gasteiger partial charge in [0.15, 0.2) is 24.8 Å². The average molecular weight is 1030 g/mol. The third-order valence-electron chi connectivity index (χ3n) is 13.9. The van der Waals surface area contributed by atoms with Crippen molar-refractivity contribution in [1.29, 1.82) is 0 Å². The van der Waals surface area contributed by atoms with Crippen LogP contribution in [0.1, 0.15) is 88.2 Å². The summed E-state index contributed by atoms with van der Waals surface area (Å²) >= 11 is 0. The minimum Gasteiger partial charge on any atom is -0.479 e. The van der Waals surface area contributed by atoms with Gasteiger partial charge in [-0.05, 0) is 69.2 Å². The smallest absolute Gasteiger partial charge is 0.338 e. The van der Waals surface area contributed by atoms with Crippen LogP contribution in [-0.2, 0) is 57.5 Å². The Morgan fingerprint density at radius 2 is 1.67 bits per heavy atom. The van der Waals surface area contributed by atoms with Crippen molar-refractivity contribution < 1.29 is 78.4 Å². The molecule has 400 valence electrons. The summed E-state index contributed by atoms with van der Waals surface area (Å²) in [6, 6.07) is 14.4. The summed E-state index contributed by atoms with van der Waals surface area (Å²) in [5.41, 5.74) is 1.69. The van der Waals surface area contributed by atoms with Crippen LogP contribution in [0.5, 0.6) is 0 Å². The maximum absolute atomic E-state index is 14.0. The minimum absolute atomic E-state index is 0.0182. The number of esters is 1. The molecule has 1 amide bonds. The first-order chi connectivity index (χ1) is 35.1. The molecule has 1 saturated carbocycles. The molecule has 7 rings (SSSR count). The lowest BCUT2D eigenvalue weighted by molar-refractivity contribution is -0.384. The lowest BCUT2D eigenvalue weighted by Crippen LogP contribution is -2.64. The number of carboxylic acid groups (broad SMARTS) is 1. The number of carbonyl (C=O) groups is 3. The third kappa shape index (κ3) is 13.8. The van der Waals surface area contributed by atoms with Crippen LogP contribution < -0.4 is 5.32 Å². The van der Waals surface area contributed by atoms with Gasteiger partial charge >= 0.3 is 11.9 Å². The SMILES string of the molecule is CCCCCC[C@H](OC1C(OC(=O)c2ccccc2)[C@H](O[C@@H]2CC(C(=O)NCCCc3cn(CCn4ccc5cc([N+](=O)[O-])ccc54)nn3)CC(C)C2O[C@@H]2OC(C)[C@@H](O)C(O)C2O)OC(CO)[C@@H]1O)C(=O)O. The number of non-ortho nitro benzene ring substituents is 1. The van der Waals surface area contributed by atoms with Crippen LogP contribution in [-0.4, -0.2) is 166 Å². The van der Waals surface area contributed by atoms with Gasteiger partial charge in [-0.1, -0.05) is 62.9 Å². The number of fused-ring (bicyclic) bond motifs is 1. The number of hydrogen-bond donors (Lipinski definition) is 7. The number of aryl methyl sites for hydroxylation is 3. The highest BCUT2D eigenvalue weighted by Gasteiger charge is 2.53. The van der Waals surface area contributed by atoms with Gasteiger partial charge in [-0.25, -0.2) is 9.59 Å². The predicted molar refractivity (Wildman–Crippen MR) is 256 cm³/mol. The molecular weight excluding hydrogens is 957 g/mol. The Labute approximate surface area is 421 Å². The number of unbranched alkanes of at least 4 members (excludes halogenated alkanes) is 3. The molecule has 3 fully saturated rings. The Morgan fingerprint density at radius 3 is 2.40 bits per heavy atom. The van der Waals surface area contributed by atoms with Gasteiger partial charge in [0, 0.05) is 54.4 Å². The van der Waals surface area contributed by atoms with Crippen LogP contribution >= 0.6 is 0 Å². The van der Waals surface area contributed by atoms with Gasteiger partial charge in [-0.15, -0.1) is 5.10 Å². The lowest BCUT2D eigenvalue weighted by Gasteiger charge is -2.48. The number of nitrogens with zero attached hydrogens (tertiary/aromatic N) is 5. The Bertz CT molecular complexity index is 2440. The molecule has 2 aliphatic heterocycles. The molecule has 15 atom stereocenters. The fourth-order valence-electron chi connectivity index (χ4n) is 9.77. The van der Waals surface area contributed by atoms with Crippen molar-refractivity contribution in [2.75, 3.05) is 13.2 Å². The monoisotopic (exact) mass is 1020 g/mol. The molecule has 73 heavy (non-hydrogen) atoms. The first-order valence-electron chi connectivity index (χ1n) is 25.1. The second kappa shape index (κ2) is 25.7. The number of carboxylic acids is 1. The molecule has 23 nitrogen and oxygen atoms in total. The van der Waals surface area contributed by atoms with Crippen molar-refractivity contribution in [2.45, 2.75) is 171 Å². The highest BCUT2D eigenvalue weighted by Crippen LogP contribution is 2.39. The molecule has 0 spiro atoms. The normalized spacial score (nSPS) is 29.9. The molecule has 2 aromatic carbocycles. The molecule has 4 heterocycles. The van der Waals surface area contributed by atoms with Gasteiger partial charge in [-0.2, -0.15) is 0 Å². The molecule has 3 aliphatic rings. The van der Waals surface area contributed by atoms with E-state index >= 15 is 0 Å². The summed E-state index contributed by atoms with van der Waals surface area (Å²) < 4.78 is 40.8. The van der Waals surface area contributed by atoms with E-state index in [-0.39, 0.29) is 43.0 Å². The van der Waals surface area contributed by atoms with Gasteiger partial charge in [0.05, 0.1) is 47.6 Å². The van der Waals surface area contributed by atoms with Crippen LogP contribution in [0.25, 0.3) is 10.9 Å². The number of nitro benzene ring substituents is 1. The first kappa shape index (κ1) is 55.3. The highest BCUT2D eigenvalue weighted by atomic mass is 16.7. The van der Waals surface area contributed by atoms with Gasteiger partial charge in [0.25, 0.3) is 5.69 Å². The molecule has 23 heteroatoms. The number of aliphatic hydroxyl groups excluding tert-OH is 5. The average Bonchev–Trinajstić information content (AvgIpc) is 4.02. The first-order valence-corrected chi connectivity index (χ1v) is 25.1. The maximum Gasteiger partial charge on any atom is 0.338 e. The number of ether oxygens (including phenoxy) is 6. The highest BCUT2D eigenvalue weighted by molar-refractivity contribution is 5.89. The molecule has 0 bridgehead atoms. The van der Waals surface area contributed by atoms with E-state index in [1.165, 1.54) is 31.2 Å². The van der Waals surface area contributed by atoms with Crippen LogP contribution in [0.2, 0.25) is 0 Å². The largest absolute Gasteiger partial charge is 0.479 e. The summed E-state index contributed by atoms with van der Waals surface area (Å²) in [4.78, 5) is 51.2. The number of benzene rings is 2. The number of rotatable bonds is 24. The molecule has 1 aliphatic carbocycles. The zero-order chi connectivity index (χ0) is 52.3. The van der Waals surface area contributed by atoms with Crippen molar-refractivity contribution >= 4 is 34.4 Å². The Kier molecular flexibility index (Phi) is 19.4. The number of aliphatic hydroxyl groups is 5. The Morgan fingerprint density at radius 1 is 0.890 bits per heavy atom. The van der Waals surface area contributed by atoms with E-state index in [0.29, 0.717) is 38.0 Å². The summed E-state index contributed by atoms with van der Waals surface area (Å²) in [5, 5.41) is 88.0. The summed E-state index contributed by atoms with van der Waals surface area (Å²) in [5.74, 6) is -3.75. The summed E-state index contributed by atoms with van der Waals surface area (Å²) in [6.07, 6.45) is -10.9. The molecule has 9 unspecified atom stereocenters. The van der Waals surface area contributed by atoms with Gasteiger partial charge in [-0.3, -0.25) is 19.6 Å². The van der Waals surface area contributed by atoms with E-state index in [4.69, 9.17) is 28.4 Å². The zero-order valence-electron chi connectivity index (χ0n) is 41.1. The van der Waals surface area contributed by atoms with E-state index < -0.39 is 115 Å². The Balaban J connectivity index is 1.06. The number of hydrogen-bond acceptors (Lipinski definition) is 18. The molecule has 7 N–H and O–H groups in total. The number of aromatic nitrogens is 4. The van der Waals surface area contributed by atoms with E-state index in [2.05, 4.69) is 15.6 Å². The van der Waals surface area contributed by atoms with Gasteiger partial charge in [0.1, 0.15) is 36.6 Å². The second-order valence-corrected chi connectivity index (χ2v) is 19.2. The van der Waals surface area contributed by atoms with E-state index in [9.17, 15) is 55.1 Å². The van der Waals surface area contributed by atoms with Crippen molar-refractivity contribution in [2.24, 2.45) is 11.8 Å². The molecular formula is C50H68N6O17. The third-order valence-corrected chi connectivity index (χ3v) is 13.9. The number of nitrogens with one attached hydrogen (secondary N) is 1. The quantitative estimate of drug-likeness (QED) is 0.0230. The predicted octanol–water partition coefficient (Wildman–Crippen LogP) is 2.65. The fraction of sp³-hybridized carbons (Fsp3) is 0.620. The van der Waals surface area contributed by atoms with Gasteiger partial charge in [0.2, 0.25) is 5.91 Å². The van der Waals surface area contributed by atoms with Crippen LogP contribution in [0, 0.1) is 22.0 Å². The van der Waals surface area contributed by atoms with Crippen molar-refractivity contribution in [3.63, 3.8) is 0 Å². The topological polar surface area (TPSA) is 319 Å². The van der Waals surface area contributed by atoms with Crippen LogP contribution in [0.3, 0.4) is 0 Å². The molecule has 2 aromatic heterocycles. The second-order valence-electron chi connectivity index (χ2n) is 19.2. The summed E-state index contributed by atoms with van der Waals surface area (Å²) in [6.45, 7) is 5.82. The van der Waals surface area contributed by atoms with E-state index in [0.717, 1.165) is 30.2 Å².